The van der Waals surface area contributed by atoms with Gasteiger partial charge in [-0.2, -0.15) is 4.31 Å². The summed E-state index contributed by atoms with van der Waals surface area (Å²) in [7, 11) is -2.49. The summed E-state index contributed by atoms with van der Waals surface area (Å²) in [5, 5.41) is 2.63. The normalized spacial score (nSPS) is 19.1. The number of benzene rings is 2. The van der Waals surface area contributed by atoms with Gasteiger partial charge in [-0.05, 0) is 54.7 Å². The number of halogens is 1. The molecule has 1 aliphatic rings. The highest BCUT2D eigenvalue weighted by Gasteiger charge is 2.34. The largest absolute Gasteiger partial charge is 0.495 e. The van der Waals surface area contributed by atoms with Crippen molar-refractivity contribution in [2.45, 2.75) is 25.2 Å². The molecule has 1 aliphatic heterocycles. The molecule has 34 heavy (non-hydrogen) atoms. The first-order valence-electron chi connectivity index (χ1n) is 11.0. The van der Waals surface area contributed by atoms with Crippen LogP contribution in [0.15, 0.2) is 60.0 Å². The van der Waals surface area contributed by atoms with Gasteiger partial charge < -0.3 is 14.6 Å². The van der Waals surface area contributed by atoms with Crippen molar-refractivity contribution in [3.63, 3.8) is 0 Å². The minimum absolute atomic E-state index is 0.0643. The third-order valence-electron chi connectivity index (χ3n) is 5.87. The van der Waals surface area contributed by atoms with E-state index < -0.39 is 21.7 Å². The Bertz CT molecular complexity index is 1280. The van der Waals surface area contributed by atoms with Crippen molar-refractivity contribution in [2.75, 3.05) is 25.5 Å². The summed E-state index contributed by atoms with van der Waals surface area (Å²) < 4.78 is 49.7. The van der Waals surface area contributed by atoms with Gasteiger partial charge in [0.25, 0.3) is 5.91 Å². The van der Waals surface area contributed by atoms with Gasteiger partial charge in [0.05, 0.1) is 19.1 Å². The standard InChI is InChI=1S/C24H27FN4O4S/c1-16-10-17(2)14-29(13-16)34(31,32)23-11-18(4-7-22(23)33-3)24(30)27-19-5-6-21(20(25)12-19)28-9-8-26-15-28/h4-9,11-12,15-17H,10,13-14H2,1-3H3,(H,27,30). The summed E-state index contributed by atoms with van der Waals surface area (Å²) in [6.45, 7) is 4.87. The quantitative estimate of drug-likeness (QED) is 0.570. The van der Waals surface area contributed by atoms with Crippen molar-refractivity contribution in [1.82, 2.24) is 13.9 Å². The van der Waals surface area contributed by atoms with Gasteiger partial charge in [-0.15, -0.1) is 0 Å². The van der Waals surface area contributed by atoms with E-state index in [1.54, 1.807) is 12.3 Å². The fourth-order valence-electron chi connectivity index (χ4n) is 4.36. The molecule has 10 heteroatoms. The summed E-state index contributed by atoms with van der Waals surface area (Å²) in [5.41, 5.74) is 0.653. The van der Waals surface area contributed by atoms with Crippen LogP contribution in [0.5, 0.6) is 5.75 Å². The third kappa shape index (κ3) is 4.83. The van der Waals surface area contributed by atoms with Crippen LogP contribution in [0.4, 0.5) is 10.1 Å². The third-order valence-corrected chi connectivity index (χ3v) is 7.72. The van der Waals surface area contributed by atoms with Gasteiger partial charge in [-0.1, -0.05) is 13.8 Å². The number of hydrogen-bond acceptors (Lipinski definition) is 5. The zero-order valence-electron chi connectivity index (χ0n) is 19.2. The van der Waals surface area contributed by atoms with Gasteiger partial charge in [0.15, 0.2) is 0 Å². The van der Waals surface area contributed by atoms with Crippen molar-refractivity contribution >= 4 is 21.6 Å². The zero-order valence-corrected chi connectivity index (χ0v) is 20.0. The van der Waals surface area contributed by atoms with Gasteiger partial charge in [0.1, 0.15) is 16.5 Å². The number of anilines is 1. The number of aromatic nitrogens is 2. The Morgan fingerprint density at radius 2 is 1.88 bits per heavy atom. The number of ether oxygens (including phenoxy) is 1. The Kier molecular flexibility index (Phi) is 6.72. The van der Waals surface area contributed by atoms with Crippen LogP contribution in [0.3, 0.4) is 0 Å². The van der Waals surface area contributed by atoms with E-state index in [9.17, 15) is 17.6 Å². The van der Waals surface area contributed by atoms with Crippen molar-refractivity contribution in [2.24, 2.45) is 11.8 Å². The first-order chi connectivity index (χ1) is 16.2. The van der Waals surface area contributed by atoms with Crippen LogP contribution in [0.25, 0.3) is 5.69 Å². The molecule has 0 bridgehead atoms. The highest BCUT2D eigenvalue weighted by atomic mass is 32.2. The lowest BCUT2D eigenvalue weighted by atomic mass is 9.94. The predicted octanol–water partition coefficient (Wildman–Crippen LogP) is 3.94. The molecule has 180 valence electrons. The lowest BCUT2D eigenvalue weighted by Gasteiger charge is -2.34. The number of nitrogens with one attached hydrogen (secondary N) is 1. The number of carbonyl (C=O) groups excluding carboxylic acids is 1. The van der Waals surface area contributed by atoms with E-state index in [0.29, 0.717) is 18.8 Å². The van der Waals surface area contributed by atoms with Gasteiger partial charge in [0, 0.05) is 36.7 Å². The van der Waals surface area contributed by atoms with E-state index in [1.165, 1.54) is 58.8 Å². The molecule has 2 heterocycles. The summed E-state index contributed by atoms with van der Waals surface area (Å²) in [4.78, 5) is 16.7. The van der Waals surface area contributed by atoms with Crippen LogP contribution in [0.1, 0.15) is 30.6 Å². The molecule has 0 aliphatic carbocycles. The van der Waals surface area contributed by atoms with Crippen LogP contribution in [-0.4, -0.2) is 48.4 Å². The second-order valence-electron chi connectivity index (χ2n) is 8.72. The molecule has 0 radical (unpaired) electrons. The molecule has 2 aromatic carbocycles. The summed E-state index contributed by atoms with van der Waals surface area (Å²) in [6, 6.07) is 8.53. The second kappa shape index (κ2) is 9.55. The Labute approximate surface area is 198 Å². The molecular weight excluding hydrogens is 459 g/mol. The molecule has 0 saturated carbocycles. The zero-order chi connectivity index (χ0) is 24.5. The van der Waals surface area contributed by atoms with E-state index >= 15 is 0 Å². The highest BCUT2D eigenvalue weighted by molar-refractivity contribution is 7.89. The van der Waals surface area contributed by atoms with E-state index in [1.807, 2.05) is 13.8 Å². The van der Waals surface area contributed by atoms with Gasteiger partial charge in [0.2, 0.25) is 10.0 Å². The molecule has 1 saturated heterocycles. The molecule has 2 unspecified atom stereocenters. The number of hydrogen-bond donors (Lipinski definition) is 1. The lowest BCUT2D eigenvalue weighted by Crippen LogP contribution is -2.42. The van der Waals surface area contributed by atoms with E-state index in [2.05, 4.69) is 10.3 Å². The summed E-state index contributed by atoms with van der Waals surface area (Å²) >= 11 is 0. The number of sulfonamides is 1. The molecule has 1 N–H and O–H groups in total. The minimum Gasteiger partial charge on any atom is -0.495 e. The number of rotatable bonds is 6. The van der Waals surface area contributed by atoms with Crippen molar-refractivity contribution < 1.29 is 22.3 Å². The fraction of sp³-hybridized carbons (Fsp3) is 0.333. The van der Waals surface area contributed by atoms with Crippen LogP contribution < -0.4 is 10.1 Å². The van der Waals surface area contributed by atoms with E-state index in [0.717, 1.165) is 6.42 Å². The molecule has 2 atom stereocenters. The number of carbonyl (C=O) groups is 1. The number of methoxy groups -OCH3 is 1. The Hall–Kier alpha value is -3.24. The SMILES string of the molecule is COc1ccc(C(=O)Nc2ccc(-n3ccnc3)c(F)c2)cc1S(=O)(=O)N1CC(C)CC(C)C1. The average molecular weight is 487 g/mol. The Morgan fingerprint density at radius 1 is 1.15 bits per heavy atom. The molecule has 8 nitrogen and oxygen atoms in total. The molecule has 1 amide bonds. The highest BCUT2D eigenvalue weighted by Crippen LogP contribution is 2.32. The monoisotopic (exact) mass is 486 g/mol. The summed E-state index contributed by atoms with van der Waals surface area (Å²) in [5.74, 6) is -0.470. The van der Waals surface area contributed by atoms with Crippen LogP contribution in [0, 0.1) is 17.7 Å². The fourth-order valence-corrected chi connectivity index (χ4v) is 6.22. The van der Waals surface area contributed by atoms with Gasteiger partial charge in [-0.25, -0.2) is 17.8 Å². The first kappa shape index (κ1) is 23.9. The van der Waals surface area contributed by atoms with E-state index in [4.69, 9.17) is 4.74 Å². The maximum absolute atomic E-state index is 14.6. The molecular formula is C24H27FN4O4S. The van der Waals surface area contributed by atoms with Gasteiger partial charge in [-0.3, -0.25) is 4.79 Å². The molecule has 1 aromatic heterocycles. The summed E-state index contributed by atoms with van der Waals surface area (Å²) in [6.07, 6.45) is 5.58. The minimum atomic E-state index is -3.88. The van der Waals surface area contributed by atoms with Crippen LogP contribution in [0.2, 0.25) is 0 Å². The molecule has 0 spiro atoms. The predicted molar refractivity (Wildman–Crippen MR) is 126 cm³/mol. The van der Waals surface area contributed by atoms with Crippen molar-refractivity contribution in [1.29, 1.82) is 0 Å². The van der Waals surface area contributed by atoms with Crippen LogP contribution >= 0.6 is 0 Å². The Morgan fingerprint density at radius 3 is 2.50 bits per heavy atom. The van der Waals surface area contributed by atoms with Crippen molar-refractivity contribution in [3.8, 4) is 11.4 Å². The van der Waals surface area contributed by atoms with Crippen LogP contribution in [-0.2, 0) is 10.0 Å². The van der Waals surface area contributed by atoms with Gasteiger partial charge >= 0.3 is 0 Å². The number of amides is 1. The maximum atomic E-state index is 14.6. The lowest BCUT2D eigenvalue weighted by molar-refractivity contribution is 0.102. The average Bonchev–Trinajstić information content (AvgIpc) is 3.32. The number of imidazole rings is 1. The number of piperidine rings is 1. The molecule has 4 rings (SSSR count). The Balaban J connectivity index is 1.60. The topological polar surface area (TPSA) is 93.5 Å². The maximum Gasteiger partial charge on any atom is 0.255 e. The second-order valence-corrected chi connectivity index (χ2v) is 10.6. The van der Waals surface area contributed by atoms with E-state index in [-0.39, 0.29) is 33.7 Å². The smallest absolute Gasteiger partial charge is 0.255 e. The molecule has 1 fully saturated rings. The molecule has 3 aromatic rings. The first-order valence-corrected chi connectivity index (χ1v) is 12.4. The number of nitrogens with zero attached hydrogens (tertiary/aromatic N) is 3. The van der Waals surface area contributed by atoms with Crippen molar-refractivity contribution in [3.05, 3.63) is 66.5 Å².